The van der Waals surface area contributed by atoms with Crippen LogP contribution in [0.25, 0.3) is 0 Å². The van der Waals surface area contributed by atoms with E-state index in [2.05, 4.69) is 10.6 Å². The summed E-state index contributed by atoms with van der Waals surface area (Å²) < 4.78 is 0. The SMILES string of the molecule is Cc1ccccc1C(O)CNC(=O)NCc1sccc1C. The molecule has 0 spiro atoms. The molecule has 2 aromatic rings. The monoisotopic (exact) mass is 304 g/mol. The molecule has 2 rings (SSSR count). The lowest BCUT2D eigenvalue weighted by Crippen LogP contribution is -2.37. The molecule has 0 fully saturated rings. The molecule has 0 bridgehead atoms. The first kappa shape index (κ1) is 15.5. The summed E-state index contributed by atoms with van der Waals surface area (Å²) in [5.74, 6) is 0. The Bertz CT molecular complexity index is 610. The Labute approximate surface area is 128 Å². The predicted molar refractivity (Wildman–Crippen MR) is 85.4 cm³/mol. The summed E-state index contributed by atoms with van der Waals surface area (Å²) in [5.41, 5.74) is 3.04. The van der Waals surface area contributed by atoms with Crippen LogP contribution in [0.4, 0.5) is 4.79 Å². The van der Waals surface area contributed by atoms with Crippen molar-refractivity contribution in [2.75, 3.05) is 6.54 Å². The quantitative estimate of drug-likeness (QED) is 0.795. The number of carbonyl (C=O) groups excluding carboxylic acids is 1. The topological polar surface area (TPSA) is 61.4 Å². The average molecular weight is 304 g/mol. The highest BCUT2D eigenvalue weighted by atomic mass is 32.1. The lowest BCUT2D eigenvalue weighted by Gasteiger charge is -2.15. The Balaban J connectivity index is 1.79. The largest absolute Gasteiger partial charge is 0.387 e. The molecule has 1 unspecified atom stereocenters. The second kappa shape index (κ2) is 7.24. The fraction of sp³-hybridized carbons (Fsp3) is 0.312. The van der Waals surface area contributed by atoms with Crippen LogP contribution in [-0.4, -0.2) is 17.7 Å². The van der Waals surface area contributed by atoms with Gasteiger partial charge in [-0.05, 0) is 42.0 Å². The molecular formula is C16H20N2O2S. The number of urea groups is 1. The van der Waals surface area contributed by atoms with Gasteiger partial charge in [0.2, 0.25) is 0 Å². The van der Waals surface area contributed by atoms with E-state index in [4.69, 9.17) is 0 Å². The van der Waals surface area contributed by atoms with Crippen LogP contribution >= 0.6 is 11.3 Å². The van der Waals surface area contributed by atoms with Crippen molar-refractivity contribution in [2.45, 2.75) is 26.5 Å². The molecule has 0 aliphatic rings. The van der Waals surface area contributed by atoms with Crippen molar-refractivity contribution < 1.29 is 9.90 Å². The van der Waals surface area contributed by atoms with E-state index in [1.165, 1.54) is 5.56 Å². The number of carbonyl (C=O) groups is 1. The highest BCUT2D eigenvalue weighted by Gasteiger charge is 2.11. The summed E-state index contributed by atoms with van der Waals surface area (Å²) in [4.78, 5) is 12.9. The maximum Gasteiger partial charge on any atom is 0.315 e. The van der Waals surface area contributed by atoms with Crippen LogP contribution in [-0.2, 0) is 6.54 Å². The van der Waals surface area contributed by atoms with E-state index in [0.717, 1.165) is 16.0 Å². The van der Waals surface area contributed by atoms with Crippen molar-refractivity contribution in [3.05, 3.63) is 57.3 Å². The summed E-state index contributed by atoms with van der Waals surface area (Å²) in [6, 6.07) is 9.38. The number of aliphatic hydroxyl groups excluding tert-OH is 1. The van der Waals surface area contributed by atoms with Gasteiger partial charge in [0.1, 0.15) is 0 Å². The van der Waals surface area contributed by atoms with Crippen molar-refractivity contribution in [2.24, 2.45) is 0 Å². The molecule has 0 radical (unpaired) electrons. The van der Waals surface area contributed by atoms with Gasteiger partial charge in [0.15, 0.2) is 0 Å². The van der Waals surface area contributed by atoms with Gasteiger partial charge >= 0.3 is 6.03 Å². The zero-order valence-electron chi connectivity index (χ0n) is 12.2. The number of thiophene rings is 1. The zero-order valence-corrected chi connectivity index (χ0v) is 13.0. The number of rotatable bonds is 5. The minimum atomic E-state index is -0.694. The van der Waals surface area contributed by atoms with Crippen LogP contribution in [0, 0.1) is 13.8 Å². The number of aryl methyl sites for hydroxylation is 2. The molecule has 0 saturated carbocycles. The third-order valence-electron chi connectivity index (χ3n) is 3.38. The maximum atomic E-state index is 11.7. The van der Waals surface area contributed by atoms with Crippen molar-refractivity contribution >= 4 is 17.4 Å². The normalized spacial score (nSPS) is 12.0. The van der Waals surface area contributed by atoms with Gasteiger partial charge < -0.3 is 15.7 Å². The van der Waals surface area contributed by atoms with Gasteiger partial charge in [0.05, 0.1) is 12.6 Å². The second-order valence-electron chi connectivity index (χ2n) is 4.96. The number of benzene rings is 1. The number of aliphatic hydroxyl groups is 1. The van der Waals surface area contributed by atoms with E-state index >= 15 is 0 Å². The third kappa shape index (κ3) is 4.31. The minimum absolute atomic E-state index is 0.195. The molecule has 112 valence electrons. The third-order valence-corrected chi connectivity index (χ3v) is 4.40. The van der Waals surface area contributed by atoms with Crippen LogP contribution < -0.4 is 10.6 Å². The summed E-state index contributed by atoms with van der Waals surface area (Å²) in [6.07, 6.45) is -0.694. The molecule has 4 nitrogen and oxygen atoms in total. The van der Waals surface area contributed by atoms with Crippen molar-refractivity contribution in [3.8, 4) is 0 Å². The predicted octanol–water partition coefficient (Wildman–Crippen LogP) is 2.90. The van der Waals surface area contributed by atoms with E-state index in [1.807, 2.05) is 49.6 Å². The Morgan fingerprint density at radius 1 is 1.19 bits per heavy atom. The number of nitrogens with one attached hydrogen (secondary N) is 2. The fourth-order valence-corrected chi connectivity index (χ4v) is 2.91. The van der Waals surface area contributed by atoms with Gasteiger partial charge in [-0.3, -0.25) is 0 Å². The molecule has 0 aliphatic carbocycles. The Hall–Kier alpha value is -1.85. The molecule has 2 amide bonds. The summed E-state index contributed by atoms with van der Waals surface area (Å²) >= 11 is 1.62. The van der Waals surface area contributed by atoms with Crippen LogP contribution in [0.2, 0.25) is 0 Å². The van der Waals surface area contributed by atoms with Crippen LogP contribution in [0.3, 0.4) is 0 Å². The summed E-state index contributed by atoms with van der Waals surface area (Å²) in [5, 5.41) is 17.6. The summed E-state index contributed by atoms with van der Waals surface area (Å²) in [7, 11) is 0. The smallest absolute Gasteiger partial charge is 0.315 e. The van der Waals surface area contributed by atoms with Crippen LogP contribution in [0.5, 0.6) is 0 Å². The molecule has 3 N–H and O–H groups in total. The highest BCUT2D eigenvalue weighted by Crippen LogP contribution is 2.16. The van der Waals surface area contributed by atoms with Crippen molar-refractivity contribution in [1.82, 2.24) is 10.6 Å². The van der Waals surface area contributed by atoms with Gasteiger partial charge in [0, 0.05) is 11.4 Å². The highest BCUT2D eigenvalue weighted by molar-refractivity contribution is 7.10. The van der Waals surface area contributed by atoms with Gasteiger partial charge in [-0.15, -0.1) is 11.3 Å². The maximum absolute atomic E-state index is 11.7. The Morgan fingerprint density at radius 2 is 1.95 bits per heavy atom. The van der Waals surface area contributed by atoms with Gasteiger partial charge in [0.25, 0.3) is 0 Å². The first-order valence-electron chi connectivity index (χ1n) is 6.86. The summed E-state index contributed by atoms with van der Waals surface area (Å²) in [6.45, 7) is 4.67. The Kier molecular flexibility index (Phi) is 5.36. The molecule has 1 atom stereocenters. The van der Waals surface area contributed by atoms with Gasteiger partial charge in [-0.1, -0.05) is 24.3 Å². The first-order chi connectivity index (χ1) is 10.1. The van der Waals surface area contributed by atoms with Crippen molar-refractivity contribution in [1.29, 1.82) is 0 Å². The zero-order chi connectivity index (χ0) is 15.2. The molecule has 1 heterocycles. The minimum Gasteiger partial charge on any atom is -0.387 e. The molecule has 1 aromatic carbocycles. The molecule has 0 aliphatic heterocycles. The van der Waals surface area contributed by atoms with Crippen LogP contribution in [0.1, 0.15) is 27.7 Å². The molecule has 1 aromatic heterocycles. The van der Waals surface area contributed by atoms with E-state index in [1.54, 1.807) is 11.3 Å². The van der Waals surface area contributed by atoms with Gasteiger partial charge in [-0.25, -0.2) is 4.79 Å². The van der Waals surface area contributed by atoms with E-state index < -0.39 is 6.10 Å². The lowest BCUT2D eigenvalue weighted by atomic mass is 10.0. The van der Waals surface area contributed by atoms with E-state index in [0.29, 0.717) is 6.54 Å². The molecule has 5 heteroatoms. The van der Waals surface area contributed by atoms with Crippen molar-refractivity contribution in [3.63, 3.8) is 0 Å². The molecule has 21 heavy (non-hydrogen) atoms. The number of hydrogen-bond acceptors (Lipinski definition) is 3. The lowest BCUT2D eigenvalue weighted by molar-refractivity contribution is 0.172. The van der Waals surface area contributed by atoms with Crippen LogP contribution in [0.15, 0.2) is 35.7 Å². The van der Waals surface area contributed by atoms with E-state index in [9.17, 15) is 9.90 Å². The second-order valence-corrected chi connectivity index (χ2v) is 5.96. The van der Waals surface area contributed by atoms with Gasteiger partial charge in [-0.2, -0.15) is 0 Å². The number of hydrogen-bond donors (Lipinski definition) is 3. The van der Waals surface area contributed by atoms with E-state index in [-0.39, 0.29) is 12.6 Å². The Morgan fingerprint density at radius 3 is 2.62 bits per heavy atom. The molecule has 0 saturated heterocycles. The molecular weight excluding hydrogens is 284 g/mol. The average Bonchev–Trinajstić information content (AvgIpc) is 2.88. The fourth-order valence-electron chi connectivity index (χ4n) is 2.07. The number of amides is 2. The standard InChI is InChI=1S/C16H20N2O2S/c1-11-5-3-4-6-13(11)14(19)9-17-16(20)18-10-15-12(2)7-8-21-15/h3-8,14,19H,9-10H2,1-2H3,(H2,17,18,20). The first-order valence-corrected chi connectivity index (χ1v) is 7.74.